The largest absolute Gasteiger partial charge is 0.212 e. The summed E-state index contributed by atoms with van der Waals surface area (Å²) < 4.78 is 11.0. The molecule has 2 atom stereocenters. The lowest BCUT2D eigenvalue weighted by Crippen LogP contribution is -2.32. The van der Waals surface area contributed by atoms with E-state index < -0.39 is 0 Å². The highest BCUT2D eigenvalue weighted by Gasteiger charge is 2.39. The maximum Gasteiger partial charge on any atom is 0.212 e. The van der Waals surface area contributed by atoms with Gasteiger partial charge < -0.3 is 0 Å². The van der Waals surface area contributed by atoms with E-state index in [1.807, 2.05) is 0 Å². The first kappa shape index (κ1) is 10.2. The molecule has 2 aromatic rings. The van der Waals surface area contributed by atoms with E-state index in [1.165, 1.54) is 34.4 Å². The van der Waals surface area contributed by atoms with Crippen LogP contribution in [0.3, 0.4) is 0 Å². The first-order chi connectivity index (χ1) is 9.58. The Labute approximate surface area is 116 Å². The van der Waals surface area contributed by atoms with Gasteiger partial charge in [-0.05, 0) is 55.2 Å². The summed E-state index contributed by atoms with van der Waals surface area (Å²) in [6.07, 6.45) is 5.53. The van der Waals surface area contributed by atoms with Gasteiger partial charge in [0.05, 0.1) is 0 Å². The fourth-order valence-corrected chi connectivity index (χ4v) is 3.79. The number of pyridine rings is 1. The first-order valence-electron chi connectivity index (χ1n) is 7.68. The zero-order valence-electron chi connectivity index (χ0n) is 12.6. The molecular formula is C18H20N+. The molecule has 2 unspecified atom stereocenters. The van der Waals surface area contributed by atoms with Crippen LogP contribution >= 0.6 is 0 Å². The molecule has 1 aromatic carbocycles. The fourth-order valence-electron chi connectivity index (χ4n) is 3.79. The summed E-state index contributed by atoms with van der Waals surface area (Å²) in [6.45, 7) is 2.16. The molecule has 96 valence electrons. The van der Waals surface area contributed by atoms with Crippen molar-refractivity contribution in [1.29, 1.82) is 0 Å². The highest BCUT2D eigenvalue weighted by molar-refractivity contribution is 5.62. The van der Waals surface area contributed by atoms with Crippen molar-refractivity contribution in [2.45, 2.75) is 38.0 Å². The number of nitrogens with zero attached hydrogens (tertiary/aromatic N) is 1. The Morgan fingerprint density at radius 1 is 1.21 bits per heavy atom. The number of rotatable bonds is 1. The monoisotopic (exact) mass is 251 g/mol. The van der Waals surface area contributed by atoms with Gasteiger partial charge in [-0.15, -0.1) is 0 Å². The van der Waals surface area contributed by atoms with Crippen molar-refractivity contribution in [3.63, 3.8) is 0 Å². The molecule has 1 heterocycles. The first-order valence-corrected chi connectivity index (χ1v) is 7.18. The van der Waals surface area contributed by atoms with Crippen molar-refractivity contribution in [2.24, 2.45) is 7.05 Å². The smallest absolute Gasteiger partial charge is 0.201 e. The predicted molar refractivity (Wildman–Crippen MR) is 77.1 cm³/mol. The lowest BCUT2D eigenvalue weighted by atomic mass is 9.91. The van der Waals surface area contributed by atoms with E-state index in [0.717, 1.165) is 12.8 Å². The molecule has 1 aromatic heterocycles. The Hall–Kier alpha value is -1.63. The summed E-state index contributed by atoms with van der Waals surface area (Å²) in [5, 5.41) is 0. The second kappa shape index (κ2) is 3.93. The van der Waals surface area contributed by atoms with E-state index >= 15 is 0 Å². The van der Waals surface area contributed by atoms with E-state index in [-0.39, 0.29) is 5.89 Å². The quantitative estimate of drug-likeness (QED) is 0.678. The fraction of sp³-hybridized carbons (Fsp3) is 0.389. The molecule has 0 radical (unpaired) electrons. The number of hydrogen-bond acceptors (Lipinski definition) is 0. The van der Waals surface area contributed by atoms with Crippen LogP contribution in [-0.4, -0.2) is 0 Å². The highest BCUT2D eigenvalue weighted by Crippen LogP contribution is 2.52. The van der Waals surface area contributed by atoms with Gasteiger partial charge in [-0.25, -0.2) is 4.57 Å². The van der Waals surface area contributed by atoms with Crippen molar-refractivity contribution < 1.29 is 5.94 Å². The van der Waals surface area contributed by atoms with E-state index in [0.29, 0.717) is 5.92 Å². The Morgan fingerprint density at radius 2 is 2.05 bits per heavy atom. The SMILES string of the molecule is [2H]C12CCC(C1)c1c[n+](C)c(-c3ccccc3C)cc12. The minimum Gasteiger partial charge on any atom is -0.201 e. The summed E-state index contributed by atoms with van der Waals surface area (Å²) >= 11 is 0. The van der Waals surface area contributed by atoms with Crippen LogP contribution in [0.15, 0.2) is 36.5 Å². The van der Waals surface area contributed by atoms with E-state index in [2.05, 4.69) is 55.1 Å². The van der Waals surface area contributed by atoms with Crippen molar-refractivity contribution >= 4 is 0 Å². The molecule has 2 bridgehead atoms. The van der Waals surface area contributed by atoms with Crippen LogP contribution in [0.2, 0.25) is 0 Å². The topological polar surface area (TPSA) is 3.88 Å². The second-order valence-corrected chi connectivity index (χ2v) is 6.00. The van der Waals surface area contributed by atoms with Gasteiger partial charge in [-0.3, -0.25) is 0 Å². The molecule has 0 aliphatic heterocycles. The van der Waals surface area contributed by atoms with Crippen LogP contribution in [0.1, 0.15) is 49.1 Å². The van der Waals surface area contributed by atoms with Crippen molar-refractivity contribution in [3.8, 4) is 11.3 Å². The van der Waals surface area contributed by atoms with Gasteiger partial charge >= 0.3 is 0 Å². The molecule has 1 saturated carbocycles. The normalized spacial score (nSPS) is 28.3. The second-order valence-electron chi connectivity index (χ2n) is 6.00. The van der Waals surface area contributed by atoms with Crippen LogP contribution in [0, 0.1) is 6.92 Å². The average molecular weight is 251 g/mol. The summed E-state index contributed by atoms with van der Waals surface area (Å²) in [4.78, 5) is 0. The Bertz CT molecular complexity index is 707. The summed E-state index contributed by atoms with van der Waals surface area (Å²) in [5.41, 5.74) is 6.52. The zero-order chi connectivity index (χ0) is 13.9. The van der Waals surface area contributed by atoms with E-state index in [9.17, 15) is 0 Å². The van der Waals surface area contributed by atoms with Crippen molar-refractivity contribution in [3.05, 3.63) is 53.2 Å². The van der Waals surface area contributed by atoms with Gasteiger partial charge in [0.25, 0.3) is 0 Å². The van der Waals surface area contributed by atoms with Gasteiger partial charge in [0, 0.05) is 18.6 Å². The van der Waals surface area contributed by atoms with Gasteiger partial charge in [-0.2, -0.15) is 0 Å². The summed E-state index contributed by atoms with van der Waals surface area (Å²) in [7, 11) is 2.13. The number of aryl methyl sites for hydroxylation is 2. The number of aromatic nitrogens is 1. The number of hydrogen-bond donors (Lipinski definition) is 0. The molecule has 1 fully saturated rings. The van der Waals surface area contributed by atoms with Gasteiger partial charge in [0.2, 0.25) is 5.69 Å². The van der Waals surface area contributed by atoms with Crippen molar-refractivity contribution in [2.75, 3.05) is 0 Å². The number of fused-ring (bicyclic) bond motifs is 5. The van der Waals surface area contributed by atoms with Crippen molar-refractivity contribution in [1.82, 2.24) is 0 Å². The van der Waals surface area contributed by atoms with Crippen LogP contribution in [-0.2, 0) is 7.05 Å². The molecule has 1 heteroatoms. The molecule has 2 aliphatic carbocycles. The van der Waals surface area contributed by atoms with E-state index in [4.69, 9.17) is 1.37 Å². The van der Waals surface area contributed by atoms with Crippen LogP contribution in [0.25, 0.3) is 11.3 Å². The molecule has 0 amide bonds. The molecule has 2 aliphatic rings. The molecule has 0 spiro atoms. The molecule has 1 nitrogen and oxygen atoms in total. The average Bonchev–Trinajstić information content (AvgIpc) is 2.93. The maximum absolute atomic E-state index is 8.73. The molecule has 0 saturated heterocycles. The highest BCUT2D eigenvalue weighted by atomic mass is 14.9. The Kier molecular flexibility index (Phi) is 2.11. The molecule has 19 heavy (non-hydrogen) atoms. The van der Waals surface area contributed by atoms with E-state index in [1.54, 1.807) is 0 Å². The summed E-state index contributed by atoms with van der Waals surface area (Å²) in [5.74, 6) is 0.311. The minimum absolute atomic E-state index is 0.314. The number of benzene rings is 1. The molecular weight excluding hydrogens is 230 g/mol. The molecule has 0 N–H and O–H groups in total. The Balaban J connectivity index is 1.94. The standard InChI is InChI=1S/C18H20N/c1-12-5-3-4-6-15(12)18-10-16-13-7-8-14(9-13)17(16)11-19(18)2/h3-6,10-11,13-14H,7-9H2,1-2H3/q+1/i13D. The third kappa shape index (κ3) is 1.57. The predicted octanol–water partition coefficient (Wildman–Crippen LogP) is 3.85. The lowest BCUT2D eigenvalue weighted by Gasteiger charge is -2.15. The van der Waals surface area contributed by atoms with Crippen LogP contribution in [0.4, 0.5) is 0 Å². The third-order valence-corrected chi connectivity index (χ3v) is 4.83. The maximum atomic E-state index is 8.73. The Morgan fingerprint density at radius 3 is 2.89 bits per heavy atom. The lowest BCUT2D eigenvalue weighted by molar-refractivity contribution is -0.660. The van der Waals surface area contributed by atoms with Crippen LogP contribution < -0.4 is 4.57 Å². The van der Waals surface area contributed by atoms with Gasteiger partial charge in [-0.1, -0.05) is 18.2 Å². The third-order valence-electron chi connectivity index (χ3n) is 4.83. The van der Waals surface area contributed by atoms with Gasteiger partial charge in [0.1, 0.15) is 7.05 Å². The zero-order valence-corrected chi connectivity index (χ0v) is 11.6. The minimum atomic E-state index is -0.314. The summed E-state index contributed by atoms with van der Waals surface area (Å²) in [6, 6.07) is 10.8. The van der Waals surface area contributed by atoms with Gasteiger partial charge in [0.15, 0.2) is 6.20 Å². The van der Waals surface area contributed by atoms with Crippen LogP contribution in [0.5, 0.6) is 0 Å². The molecule has 4 rings (SSSR count).